The van der Waals surface area contributed by atoms with Crippen LogP contribution in [0.15, 0.2) is 70.1 Å². The van der Waals surface area contributed by atoms with E-state index < -0.39 is 10.0 Å². The number of aromatic nitrogens is 2. The molecule has 0 saturated carbocycles. The Balaban J connectivity index is 1.73. The van der Waals surface area contributed by atoms with Gasteiger partial charge in [0, 0.05) is 25.1 Å². The lowest BCUT2D eigenvalue weighted by Gasteiger charge is -2.20. The lowest BCUT2D eigenvalue weighted by atomic mass is 10.2. The molecule has 0 unspecified atom stereocenters. The van der Waals surface area contributed by atoms with Crippen LogP contribution in [0.4, 0.5) is 0 Å². The minimum absolute atomic E-state index is 0.293. The van der Waals surface area contributed by atoms with E-state index in [-0.39, 0.29) is 0 Å². The Morgan fingerprint density at radius 3 is 2.27 bits per heavy atom. The molecule has 0 aliphatic rings. The van der Waals surface area contributed by atoms with Crippen molar-refractivity contribution in [2.24, 2.45) is 0 Å². The van der Waals surface area contributed by atoms with Gasteiger partial charge in [-0.2, -0.15) is 9.29 Å². The molecule has 0 N–H and O–H groups in total. The number of sulfonamides is 1. The third kappa shape index (κ3) is 4.17. The first kappa shape index (κ1) is 18.3. The molecule has 0 spiro atoms. The molecule has 7 heteroatoms. The van der Waals surface area contributed by atoms with E-state index in [4.69, 9.17) is 4.52 Å². The molecule has 3 aromatic rings. The second-order valence-corrected chi connectivity index (χ2v) is 7.78. The number of benzene rings is 2. The summed E-state index contributed by atoms with van der Waals surface area (Å²) in [6.45, 7) is 2.69. The number of nitrogens with zero attached hydrogens (tertiary/aromatic N) is 3. The molecular weight excluding hydrogens is 350 g/mol. The lowest BCUT2D eigenvalue weighted by Crippen LogP contribution is -2.33. The van der Waals surface area contributed by atoms with Gasteiger partial charge in [-0.05, 0) is 18.6 Å². The summed E-state index contributed by atoms with van der Waals surface area (Å²) in [6, 6.07) is 18.0. The minimum Gasteiger partial charge on any atom is -0.339 e. The van der Waals surface area contributed by atoms with Crippen LogP contribution in [0, 0.1) is 0 Å². The summed E-state index contributed by atoms with van der Waals surface area (Å²) >= 11 is 0. The third-order valence-electron chi connectivity index (χ3n) is 3.93. The second kappa shape index (κ2) is 8.25. The zero-order valence-corrected chi connectivity index (χ0v) is 15.4. The molecule has 26 heavy (non-hydrogen) atoms. The molecule has 0 fully saturated rings. The van der Waals surface area contributed by atoms with Gasteiger partial charge in [-0.3, -0.25) is 0 Å². The van der Waals surface area contributed by atoms with Crippen LogP contribution in [-0.4, -0.2) is 36.0 Å². The van der Waals surface area contributed by atoms with E-state index >= 15 is 0 Å². The molecular formula is C19H21N3O3S. The van der Waals surface area contributed by atoms with E-state index in [1.165, 1.54) is 4.31 Å². The third-order valence-corrected chi connectivity index (χ3v) is 5.84. The van der Waals surface area contributed by atoms with Crippen molar-refractivity contribution >= 4 is 10.0 Å². The Bertz CT molecular complexity index is 925. The monoisotopic (exact) mass is 371 g/mol. The summed E-state index contributed by atoms with van der Waals surface area (Å²) < 4.78 is 32.4. The van der Waals surface area contributed by atoms with Gasteiger partial charge in [0.1, 0.15) is 0 Å². The van der Waals surface area contributed by atoms with Crippen LogP contribution in [0.25, 0.3) is 11.4 Å². The van der Waals surface area contributed by atoms with Crippen molar-refractivity contribution in [1.29, 1.82) is 0 Å². The normalized spacial score (nSPS) is 11.8. The fourth-order valence-electron chi connectivity index (χ4n) is 2.62. The van der Waals surface area contributed by atoms with Crippen molar-refractivity contribution < 1.29 is 12.9 Å². The van der Waals surface area contributed by atoms with Gasteiger partial charge in [-0.1, -0.05) is 60.6 Å². The standard InChI is InChI=1S/C19H21N3O3S/c1-2-14-22(26(23,24)17-11-7-4-8-12-17)15-13-18-20-19(21-25-18)16-9-5-3-6-10-16/h3-12H,2,13-15H2,1H3. The smallest absolute Gasteiger partial charge is 0.243 e. The summed E-state index contributed by atoms with van der Waals surface area (Å²) in [4.78, 5) is 4.66. The number of hydrogen-bond acceptors (Lipinski definition) is 5. The van der Waals surface area contributed by atoms with Gasteiger partial charge in [0.25, 0.3) is 0 Å². The Hall–Kier alpha value is -2.51. The van der Waals surface area contributed by atoms with Crippen molar-refractivity contribution in [1.82, 2.24) is 14.4 Å². The predicted molar refractivity (Wildman–Crippen MR) is 98.9 cm³/mol. The van der Waals surface area contributed by atoms with Crippen molar-refractivity contribution in [2.45, 2.75) is 24.7 Å². The minimum atomic E-state index is -3.54. The molecule has 0 bridgehead atoms. The SMILES string of the molecule is CCCN(CCc1nc(-c2ccccc2)no1)S(=O)(=O)c1ccccc1. The average Bonchev–Trinajstić information content (AvgIpc) is 3.15. The van der Waals surface area contributed by atoms with Gasteiger partial charge in [0.2, 0.25) is 21.7 Å². The maximum Gasteiger partial charge on any atom is 0.243 e. The van der Waals surface area contributed by atoms with Crippen molar-refractivity contribution in [3.63, 3.8) is 0 Å². The largest absolute Gasteiger partial charge is 0.339 e. The van der Waals surface area contributed by atoms with E-state index in [0.29, 0.717) is 36.1 Å². The van der Waals surface area contributed by atoms with E-state index in [0.717, 1.165) is 12.0 Å². The first-order valence-corrected chi connectivity index (χ1v) is 9.98. The summed E-state index contributed by atoms with van der Waals surface area (Å²) in [5, 5.41) is 3.98. The van der Waals surface area contributed by atoms with Crippen LogP contribution in [0.2, 0.25) is 0 Å². The second-order valence-electron chi connectivity index (χ2n) is 5.84. The van der Waals surface area contributed by atoms with E-state index in [1.807, 2.05) is 37.3 Å². The average molecular weight is 371 g/mol. The highest BCUT2D eigenvalue weighted by molar-refractivity contribution is 7.89. The van der Waals surface area contributed by atoms with E-state index in [2.05, 4.69) is 10.1 Å². The fourth-order valence-corrected chi connectivity index (χ4v) is 4.18. The molecule has 6 nitrogen and oxygen atoms in total. The van der Waals surface area contributed by atoms with Crippen LogP contribution in [0.1, 0.15) is 19.2 Å². The molecule has 0 amide bonds. The Morgan fingerprint density at radius 1 is 0.962 bits per heavy atom. The molecule has 0 atom stereocenters. The zero-order valence-electron chi connectivity index (χ0n) is 14.6. The van der Waals surface area contributed by atoms with Gasteiger partial charge in [-0.15, -0.1) is 0 Å². The van der Waals surface area contributed by atoms with Gasteiger partial charge >= 0.3 is 0 Å². The zero-order chi connectivity index (χ0) is 18.4. The number of rotatable bonds is 8. The fraction of sp³-hybridized carbons (Fsp3) is 0.263. The molecule has 3 rings (SSSR count). The van der Waals surface area contributed by atoms with Gasteiger partial charge < -0.3 is 4.52 Å². The highest BCUT2D eigenvalue weighted by Crippen LogP contribution is 2.18. The van der Waals surface area contributed by atoms with Crippen molar-refractivity contribution in [3.05, 3.63) is 66.6 Å². The van der Waals surface area contributed by atoms with Crippen molar-refractivity contribution in [3.8, 4) is 11.4 Å². The topological polar surface area (TPSA) is 76.3 Å². The lowest BCUT2D eigenvalue weighted by molar-refractivity contribution is 0.351. The first-order valence-electron chi connectivity index (χ1n) is 8.54. The van der Waals surface area contributed by atoms with E-state index in [9.17, 15) is 8.42 Å². The van der Waals surface area contributed by atoms with Gasteiger partial charge in [-0.25, -0.2) is 8.42 Å². The Labute approximate surface area is 153 Å². The molecule has 2 aromatic carbocycles. The highest BCUT2D eigenvalue weighted by atomic mass is 32.2. The summed E-state index contributed by atoms with van der Waals surface area (Å²) in [5.74, 6) is 0.932. The highest BCUT2D eigenvalue weighted by Gasteiger charge is 2.24. The Kier molecular flexibility index (Phi) is 5.80. The molecule has 0 radical (unpaired) electrons. The summed E-state index contributed by atoms with van der Waals surface area (Å²) in [7, 11) is -3.54. The van der Waals surface area contributed by atoms with Gasteiger partial charge in [0.05, 0.1) is 4.90 Å². The van der Waals surface area contributed by atoms with Crippen LogP contribution >= 0.6 is 0 Å². The van der Waals surface area contributed by atoms with Crippen molar-refractivity contribution in [2.75, 3.05) is 13.1 Å². The van der Waals surface area contributed by atoms with E-state index in [1.54, 1.807) is 30.3 Å². The predicted octanol–water partition coefficient (Wildman–Crippen LogP) is 3.38. The molecule has 1 aromatic heterocycles. The molecule has 1 heterocycles. The molecule has 0 aliphatic carbocycles. The Morgan fingerprint density at radius 2 is 1.62 bits per heavy atom. The maximum absolute atomic E-state index is 12.8. The van der Waals surface area contributed by atoms with Crippen LogP contribution in [0.5, 0.6) is 0 Å². The van der Waals surface area contributed by atoms with Crippen LogP contribution < -0.4 is 0 Å². The quantitative estimate of drug-likeness (QED) is 0.607. The maximum atomic E-state index is 12.8. The molecule has 0 aliphatic heterocycles. The van der Waals surface area contributed by atoms with Crippen LogP contribution in [0.3, 0.4) is 0 Å². The number of hydrogen-bond donors (Lipinski definition) is 0. The van der Waals surface area contributed by atoms with Crippen LogP contribution in [-0.2, 0) is 16.4 Å². The van der Waals surface area contributed by atoms with Gasteiger partial charge in [0.15, 0.2) is 0 Å². The molecule has 0 saturated heterocycles. The summed E-state index contributed by atoms with van der Waals surface area (Å²) in [6.07, 6.45) is 1.09. The first-order chi connectivity index (χ1) is 12.6. The molecule has 136 valence electrons. The summed E-state index contributed by atoms with van der Waals surface area (Å²) in [5.41, 5.74) is 0.866.